The molecule has 3 fully saturated rings. The Morgan fingerprint density at radius 2 is 1.52 bits per heavy atom. The fraction of sp³-hybridized carbons (Fsp3) is 0.944. The van der Waals surface area contributed by atoms with Crippen LogP contribution in [0.5, 0.6) is 0 Å². The van der Waals surface area contributed by atoms with Crippen LogP contribution in [0.15, 0.2) is 0 Å². The number of carbonyl (C=O) groups is 1. The van der Waals surface area contributed by atoms with Gasteiger partial charge in [0.15, 0.2) is 0 Å². The van der Waals surface area contributed by atoms with Crippen molar-refractivity contribution in [2.45, 2.75) is 89.4 Å². The molecule has 0 bridgehead atoms. The number of carbonyl (C=O) groups excluding carboxylic acids is 1. The van der Waals surface area contributed by atoms with Crippen LogP contribution in [0.1, 0.15) is 71.6 Å². The van der Waals surface area contributed by atoms with Gasteiger partial charge in [-0.3, -0.25) is 0 Å². The number of hydrogen-bond acceptors (Lipinski definition) is 3. The van der Waals surface area contributed by atoms with E-state index in [9.17, 15) is 4.79 Å². The Kier molecular flexibility index (Phi) is 5.87. The van der Waals surface area contributed by atoms with E-state index in [0.717, 1.165) is 25.9 Å². The topological polar surface area (TPSA) is 23.6 Å². The minimum Gasteiger partial charge on any atom is -0.303 e. The normalized spacial score (nSPS) is 36.8. The zero-order chi connectivity index (χ0) is 16.4. The average molecular weight is 335 g/mol. The monoisotopic (exact) mass is 335 g/mol. The van der Waals surface area contributed by atoms with Gasteiger partial charge in [-0.15, -0.1) is 0 Å². The number of hydrogen-bond donors (Lipinski definition) is 0. The summed E-state index contributed by atoms with van der Waals surface area (Å²) in [4.78, 5) is 11.7. The first kappa shape index (κ1) is 17.9. The third kappa shape index (κ3) is 3.05. The summed E-state index contributed by atoms with van der Waals surface area (Å²) in [5, 5.41) is 0. The summed E-state index contributed by atoms with van der Waals surface area (Å²) < 4.78 is 5.43. The Balaban J connectivity index is 1.96. The fourth-order valence-corrected chi connectivity index (χ4v) is 10.4. The smallest absolute Gasteiger partial charge is 0.303 e. The van der Waals surface area contributed by atoms with Crippen LogP contribution in [0, 0.1) is 5.92 Å². The molecule has 128 valence electrons. The lowest BCUT2D eigenvalue weighted by Gasteiger charge is -2.47. The minimum absolute atomic E-state index is 0.199. The second-order valence-electron chi connectivity index (χ2n) is 7.73. The van der Waals surface area contributed by atoms with Gasteiger partial charge in [0.05, 0.1) is 11.6 Å². The molecule has 0 aromatic heterocycles. The Bertz CT molecular complexity index is 400. The van der Waals surface area contributed by atoms with E-state index < -0.39 is 7.44 Å². The standard InChI is InChI=1S/C18H33BN2OP/c1-3-16-9-6-12-20(16)23(19,18-11-5-8-15(18)14-22)21-13-7-10-17(21)4-2/h14-18H,3-13H2,1-2H3/q+1/t15?,16-,17-,18?/m1/s1. The van der Waals surface area contributed by atoms with Gasteiger partial charge in [-0.05, 0) is 57.8 Å². The Hall–Kier alpha value is 0.0849. The molecule has 0 amide bonds. The predicted molar refractivity (Wildman–Crippen MR) is 99.9 cm³/mol. The molecule has 5 heteroatoms. The van der Waals surface area contributed by atoms with Crippen molar-refractivity contribution in [2.75, 3.05) is 13.1 Å². The van der Waals surface area contributed by atoms with E-state index in [1.807, 2.05) is 0 Å². The molecule has 2 saturated heterocycles. The maximum Gasteiger partial charge on any atom is 0.409 e. The van der Waals surface area contributed by atoms with Crippen molar-refractivity contribution in [2.24, 2.45) is 5.92 Å². The summed E-state index contributed by atoms with van der Waals surface area (Å²) in [6, 6.07) is 1.28. The van der Waals surface area contributed by atoms with E-state index in [0.29, 0.717) is 17.7 Å². The van der Waals surface area contributed by atoms with Crippen LogP contribution in [0.25, 0.3) is 0 Å². The quantitative estimate of drug-likeness (QED) is 0.416. The summed E-state index contributed by atoms with van der Waals surface area (Å²) in [7, 11) is 5.52. The van der Waals surface area contributed by atoms with E-state index in [4.69, 9.17) is 7.57 Å². The lowest BCUT2D eigenvalue weighted by molar-refractivity contribution is -0.110. The SMILES string of the molecule is [B][P+](C1CCCC1C=O)(N1CCC[C@H]1CC)N1CCC[C@H]1CC. The maximum absolute atomic E-state index is 11.7. The molecule has 0 spiro atoms. The van der Waals surface area contributed by atoms with E-state index >= 15 is 0 Å². The largest absolute Gasteiger partial charge is 0.409 e. The van der Waals surface area contributed by atoms with Gasteiger partial charge in [0.2, 0.25) is 0 Å². The van der Waals surface area contributed by atoms with Crippen LogP contribution in [0.3, 0.4) is 0 Å². The molecule has 1 saturated carbocycles. The molecule has 2 unspecified atom stereocenters. The van der Waals surface area contributed by atoms with E-state index in [1.165, 1.54) is 51.2 Å². The summed E-state index contributed by atoms with van der Waals surface area (Å²) in [5.74, 6) is 0.199. The first-order valence-electron chi connectivity index (χ1n) is 9.83. The molecule has 3 aliphatic rings. The lowest BCUT2D eigenvalue weighted by Crippen LogP contribution is -2.46. The van der Waals surface area contributed by atoms with Crippen molar-refractivity contribution in [3.8, 4) is 0 Å². The highest BCUT2D eigenvalue weighted by Crippen LogP contribution is 2.72. The molecule has 0 aromatic carbocycles. The molecule has 0 aromatic rings. The Labute approximate surface area is 144 Å². The van der Waals surface area contributed by atoms with Gasteiger partial charge >= 0.3 is 7.57 Å². The molecular weight excluding hydrogens is 302 g/mol. The third-order valence-corrected chi connectivity index (χ3v) is 11.0. The van der Waals surface area contributed by atoms with Crippen molar-refractivity contribution in [1.29, 1.82) is 0 Å². The molecule has 3 nitrogen and oxygen atoms in total. The molecule has 2 heterocycles. The second-order valence-corrected chi connectivity index (χ2v) is 10.8. The predicted octanol–water partition coefficient (Wildman–Crippen LogP) is 4.03. The first-order chi connectivity index (χ1) is 11.2. The van der Waals surface area contributed by atoms with Crippen molar-refractivity contribution in [3.05, 3.63) is 0 Å². The van der Waals surface area contributed by atoms with Gasteiger partial charge in [0, 0.05) is 25.2 Å². The molecule has 4 atom stereocenters. The second kappa shape index (κ2) is 7.54. The van der Waals surface area contributed by atoms with Crippen LogP contribution >= 0.6 is 7.44 Å². The fourth-order valence-electron chi connectivity index (χ4n) is 5.44. The highest BCUT2D eigenvalue weighted by molar-refractivity contribution is 7.94. The molecule has 23 heavy (non-hydrogen) atoms. The Morgan fingerprint density at radius 3 is 2.00 bits per heavy atom. The maximum atomic E-state index is 11.7. The van der Waals surface area contributed by atoms with Gasteiger partial charge in [0.25, 0.3) is 0 Å². The molecule has 2 radical (unpaired) electrons. The van der Waals surface area contributed by atoms with Gasteiger partial charge in [-0.1, -0.05) is 13.8 Å². The molecule has 1 aliphatic carbocycles. The van der Waals surface area contributed by atoms with Crippen molar-refractivity contribution < 1.29 is 4.79 Å². The zero-order valence-corrected chi connectivity index (χ0v) is 15.9. The number of rotatable bonds is 6. The summed E-state index contributed by atoms with van der Waals surface area (Å²) in [6.45, 7) is 6.91. The van der Waals surface area contributed by atoms with Crippen LogP contribution in [0.2, 0.25) is 0 Å². The molecule has 2 aliphatic heterocycles. The van der Waals surface area contributed by atoms with Crippen LogP contribution in [0.4, 0.5) is 0 Å². The van der Waals surface area contributed by atoms with Gasteiger partial charge in [-0.2, -0.15) is 9.34 Å². The number of nitrogens with zero attached hydrogens (tertiary/aromatic N) is 2. The van der Waals surface area contributed by atoms with Crippen LogP contribution < -0.4 is 0 Å². The summed E-state index contributed by atoms with van der Waals surface area (Å²) in [5.41, 5.74) is 0.416. The van der Waals surface area contributed by atoms with E-state index in [2.05, 4.69) is 23.2 Å². The summed E-state index contributed by atoms with van der Waals surface area (Å²) in [6.07, 6.45) is 12.2. The van der Waals surface area contributed by atoms with Crippen molar-refractivity contribution >= 4 is 21.3 Å². The highest BCUT2D eigenvalue weighted by Gasteiger charge is 2.60. The molecule has 3 rings (SSSR count). The van der Waals surface area contributed by atoms with Crippen LogP contribution in [-0.2, 0) is 4.79 Å². The van der Waals surface area contributed by atoms with E-state index in [-0.39, 0.29) is 5.92 Å². The van der Waals surface area contributed by atoms with Crippen molar-refractivity contribution in [1.82, 2.24) is 9.34 Å². The van der Waals surface area contributed by atoms with Crippen molar-refractivity contribution in [3.63, 3.8) is 0 Å². The number of aldehydes is 1. The van der Waals surface area contributed by atoms with Gasteiger partial charge < -0.3 is 4.79 Å². The minimum atomic E-state index is -1.89. The molecular formula is C18H33BN2OP+. The van der Waals surface area contributed by atoms with Crippen LogP contribution in [-0.4, -0.2) is 54.0 Å². The average Bonchev–Trinajstić information content (AvgIpc) is 3.33. The highest BCUT2D eigenvalue weighted by atomic mass is 31.2. The first-order valence-corrected chi connectivity index (χ1v) is 11.7. The molecule has 0 N–H and O–H groups in total. The lowest BCUT2D eigenvalue weighted by atomic mass is 10.1. The third-order valence-electron chi connectivity index (χ3n) is 6.65. The Morgan fingerprint density at radius 1 is 0.957 bits per heavy atom. The van der Waals surface area contributed by atoms with Gasteiger partial charge in [0.1, 0.15) is 13.7 Å². The summed E-state index contributed by atoms with van der Waals surface area (Å²) >= 11 is 0. The van der Waals surface area contributed by atoms with Gasteiger partial charge in [-0.25, -0.2) is 0 Å². The van der Waals surface area contributed by atoms with E-state index in [1.54, 1.807) is 0 Å². The zero-order valence-electron chi connectivity index (χ0n) is 15.0.